The average Bonchev–Trinajstić information content (AvgIpc) is 2.39. The molecule has 3 nitrogen and oxygen atoms in total. The Morgan fingerprint density at radius 2 is 2.06 bits per heavy atom. The maximum Gasteiger partial charge on any atom is 0.122 e. The highest BCUT2D eigenvalue weighted by molar-refractivity contribution is 5.44. The molecule has 2 N–H and O–H groups in total. The molecular formula is C15H22N2O. The van der Waals surface area contributed by atoms with Gasteiger partial charge in [-0.15, -0.1) is 0 Å². The summed E-state index contributed by atoms with van der Waals surface area (Å²) in [6.45, 7) is 3.05. The third-order valence-electron chi connectivity index (χ3n) is 4.25. The Labute approximate surface area is 109 Å². The molecule has 2 aliphatic heterocycles. The molecule has 3 heteroatoms. The molecule has 1 saturated heterocycles. The second-order valence-corrected chi connectivity index (χ2v) is 5.68. The normalized spacial score (nSPS) is 25.6. The highest BCUT2D eigenvalue weighted by Crippen LogP contribution is 2.36. The topological polar surface area (TPSA) is 38.5 Å². The van der Waals surface area contributed by atoms with Crippen molar-refractivity contribution >= 4 is 0 Å². The van der Waals surface area contributed by atoms with Crippen LogP contribution in [0, 0.1) is 0 Å². The largest absolute Gasteiger partial charge is 0.492 e. The Morgan fingerprint density at radius 1 is 1.28 bits per heavy atom. The molecule has 0 spiro atoms. The lowest BCUT2D eigenvalue weighted by atomic mass is 9.84. The van der Waals surface area contributed by atoms with Crippen molar-refractivity contribution in [2.75, 3.05) is 26.7 Å². The van der Waals surface area contributed by atoms with E-state index in [0.29, 0.717) is 12.5 Å². The number of piperidine rings is 1. The minimum atomic E-state index is 0.157. The SMILES string of the molecule is CN1CCC(c2cccc3c2CC(N)CO3)CC1. The first-order valence-electron chi connectivity index (χ1n) is 6.93. The lowest BCUT2D eigenvalue weighted by Gasteiger charge is -2.32. The van der Waals surface area contributed by atoms with Crippen LogP contribution >= 0.6 is 0 Å². The van der Waals surface area contributed by atoms with Gasteiger partial charge in [-0.3, -0.25) is 0 Å². The van der Waals surface area contributed by atoms with Crippen LogP contribution in [0.25, 0.3) is 0 Å². The minimum absolute atomic E-state index is 0.157. The molecule has 1 aromatic carbocycles. The average molecular weight is 246 g/mol. The predicted octanol–water partition coefficient (Wildman–Crippen LogP) is 1.76. The highest BCUT2D eigenvalue weighted by Gasteiger charge is 2.25. The number of nitrogens with two attached hydrogens (primary N) is 1. The first kappa shape index (κ1) is 12.0. The number of fused-ring (bicyclic) bond motifs is 1. The van der Waals surface area contributed by atoms with E-state index in [2.05, 4.69) is 30.1 Å². The van der Waals surface area contributed by atoms with E-state index in [9.17, 15) is 0 Å². The number of rotatable bonds is 1. The van der Waals surface area contributed by atoms with Gasteiger partial charge in [-0.25, -0.2) is 0 Å². The van der Waals surface area contributed by atoms with Gasteiger partial charge in [-0.2, -0.15) is 0 Å². The first-order valence-corrected chi connectivity index (χ1v) is 6.93. The van der Waals surface area contributed by atoms with Crippen LogP contribution in [0.15, 0.2) is 18.2 Å². The van der Waals surface area contributed by atoms with Crippen LogP contribution in [0.2, 0.25) is 0 Å². The number of benzene rings is 1. The molecule has 2 aliphatic rings. The second kappa shape index (κ2) is 4.90. The van der Waals surface area contributed by atoms with Gasteiger partial charge in [0.1, 0.15) is 12.4 Å². The lowest BCUT2D eigenvalue weighted by Crippen LogP contribution is -2.35. The summed E-state index contributed by atoms with van der Waals surface area (Å²) in [5, 5.41) is 0. The monoisotopic (exact) mass is 246 g/mol. The Bertz CT molecular complexity index is 425. The third-order valence-corrected chi connectivity index (χ3v) is 4.25. The number of likely N-dealkylation sites (tertiary alicyclic amines) is 1. The number of hydrogen-bond acceptors (Lipinski definition) is 3. The molecule has 0 saturated carbocycles. The molecule has 1 unspecified atom stereocenters. The van der Waals surface area contributed by atoms with Gasteiger partial charge in [-0.05, 0) is 62.5 Å². The Balaban J connectivity index is 1.88. The third kappa shape index (κ3) is 2.25. The van der Waals surface area contributed by atoms with Gasteiger partial charge in [0.15, 0.2) is 0 Å². The maximum atomic E-state index is 6.04. The summed E-state index contributed by atoms with van der Waals surface area (Å²) in [5.74, 6) is 1.75. The summed E-state index contributed by atoms with van der Waals surface area (Å²) in [5.41, 5.74) is 8.89. The van der Waals surface area contributed by atoms with Gasteiger partial charge < -0.3 is 15.4 Å². The van der Waals surface area contributed by atoms with Crippen LogP contribution in [-0.4, -0.2) is 37.7 Å². The molecule has 2 heterocycles. The predicted molar refractivity (Wildman–Crippen MR) is 73.1 cm³/mol. The summed E-state index contributed by atoms with van der Waals surface area (Å²) in [4.78, 5) is 2.41. The molecule has 0 aromatic heterocycles. The molecular weight excluding hydrogens is 224 g/mol. The van der Waals surface area contributed by atoms with Gasteiger partial charge >= 0.3 is 0 Å². The molecule has 98 valence electrons. The smallest absolute Gasteiger partial charge is 0.122 e. The Hall–Kier alpha value is -1.06. The summed E-state index contributed by atoms with van der Waals surface area (Å²) in [7, 11) is 2.20. The van der Waals surface area contributed by atoms with Crippen molar-refractivity contribution in [3.8, 4) is 5.75 Å². The van der Waals surface area contributed by atoms with E-state index in [1.54, 1.807) is 0 Å². The van der Waals surface area contributed by atoms with Gasteiger partial charge in [0.2, 0.25) is 0 Å². The fourth-order valence-electron chi connectivity index (χ4n) is 3.16. The summed E-state index contributed by atoms with van der Waals surface area (Å²) in [6.07, 6.45) is 3.47. The number of hydrogen-bond donors (Lipinski definition) is 1. The lowest BCUT2D eigenvalue weighted by molar-refractivity contribution is 0.247. The molecule has 0 aliphatic carbocycles. The highest BCUT2D eigenvalue weighted by atomic mass is 16.5. The molecule has 1 aromatic rings. The van der Waals surface area contributed by atoms with Crippen LogP contribution in [0.5, 0.6) is 5.75 Å². The molecule has 18 heavy (non-hydrogen) atoms. The van der Waals surface area contributed by atoms with Crippen LogP contribution in [0.4, 0.5) is 0 Å². The van der Waals surface area contributed by atoms with Crippen molar-refractivity contribution < 1.29 is 4.74 Å². The fraction of sp³-hybridized carbons (Fsp3) is 0.600. The van der Waals surface area contributed by atoms with E-state index >= 15 is 0 Å². The van der Waals surface area contributed by atoms with E-state index in [0.717, 1.165) is 12.2 Å². The van der Waals surface area contributed by atoms with Crippen molar-refractivity contribution in [2.24, 2.45) is 5.73 Å². The van der Waals surface area contributed by atoms with E-state index < -0.39 is 0 Å². The van der Waals surface area contributed by atoms with Gasteiger partial charge in [-0.1, -0.05) is 12.1 Å². The minimum Gasteiger partial charge on any atom is -0.492 e. The molecule has 0 bridgehead atoms. The van der Waals surface area contributed by atoms with Crippen LogP contribution < -0.4 is 10.5 Å². The van der Waals surface area contributed by atoms with Crippen molar-refractivity contribution in [1.29, 1.82) is 0 Å². The second-order valence-electron chi connectivity index (χ2n) is 5.68. The number of nitrogens with zero attached hydrogens (tertiary/aromatic N) is 1. The molecule has 3 rings (SSSR count). The van der Waals surface area contributed by atoms with Crippen LogP contribution in [-0.2, 0) is 6.42 Å². The molecule has 1 atom stereocenters. The van der Waals surface area contributed by atoms with E-state index in [4.69, 9.17) is 10.5 Å². The van der Waals surface area contributed by atoms with Crippen molar-refractivity contribution in [3.05, 3.63) is 29.3 Å². The molecule has 0 radical (unpaired) electrons. The zero-order chi connectivity index (χ0) is 12.5. The molecule has 0 amide bonds. The quantitative estimate of drug-likeness (QED) is 0.820. The molecule has 1 fully saturated rings. The fourth-order valence-corrected chi connectivity index (χ4v) is 3.16. The Kier molecular flexibility index (Phi) is 3.27. The first-order chi connectivity index (χ1) is 8.74. The Morgan fingerprint density at radius 3 is 2.83 bits per heavy atom. The summed E-state index contributed by atoms with van der Waals surface area (Å²) < 4.78 is 5.75. The van der Waals surface area contributed by atoms with Gasteiger partial charge in [0.25, 0.3) is 0 Å². The summed E-state index contributed by atoms with van der Waals surface area (Å²) in [6, 6.07) is 6.64. The maximum absolute atomic E-state index is 6.04. The van der Waals surface area contributed by atoms with Gasteiger partial charge in [0.05, 0.1) is 0 Å². The van der Waals surface area contributed by atoms with E-state index in [-0.39, 0.29) is 6.04 Å². The zero-order valence-electron chi connectivity index (χ0n) is 11.1. The standard InChI is InChI=1S/C15H22N2O/c1-17-7-5-11(6-8-17)13-3-2-4-15-14(13)9-12(16)10-18-15/h2-4,11-12H,5-10,16H2,1H3. The summed E-state index contributed by atoms with van der Waals surface area (Å²) >= 11 is 0. The van der Waals surface area contributed by atoms with Crippen molar-refractivity contribution in [1.82, 2.24) is 4.90 Å². The van der Waals surface area contributed by atoms with Crippen molar-refractivity contribution in [3.63, 3.8) is 0 Å². The van der Waals surface area contributed by atoms with E-state index in [1.165, 1.54) is 37.1 Å². The van der Waals surface area contributed by atoms with Gasteiger partial charge in [0, 0.05) is 6.04 Å². The number of ether oxygens (including phenoxy) is 1. The van der Waals surface area contributed by atoms with Crippen LogP contribution in [0.3, 0.4) is 0 Å². The zero-order valence-corrected chi connectivity index (χ0v) is 11.1. The van der Waals surface area contributed by atoms with Crippen molar-refractivity contribution in [2.45, 2.75) is 31.2 Å². The van der Waals surface area contributed by atoms with Crippen LogP contribution in [0.1, 0.15) is 29.9 Å². The van der Waals surface area contributed by atoms with E-state index in [1.807, 2.05) is 0 Å².